The molecule has 4 N–H and O–H groups in total. The molecule has 0 saturated carbocycles. The normalized spacial score (nSPS) is 23.8. The first-order chi connectivity index (χ1) is 13.7. The average Bonchev–Trinajstić information content (AvgIpc) is 3.17. The van der Waals surface area contributed by atoms with E-state index in [-0.39, 0.29) is 29.8 Å². The number of carbonyl (C=O) groups excluding carboxylic acids is 2. The minimum Gasteiger partial charge on any atom is -0.358 e. The number of fused-ring (bicyclic) bond motifs is 1. The molecule has 3 atom stereocenters. The fraction of sp³-hybridized carbons (Fsp3) is 0.368. The molecular weight excluding hydrogens is 358 g/mol. The topological polar surface area (TPSA) is 111 Å². The van der Waals surface area contributed by atoms with Crippen LogP contribution in [0.2, 0.25) is 0 Å². The minimum atomic E-state index is -0.348. The molecule has 0 spiro atoms. The van der Waals surface area contributed by atoms with Crippen LogP contribution < -0.4 is 21.5 Å². The lowest BCUT2D eigenvalue weighted by atomic mass is 9.87. The second-order valence-electron chi connectivity index (χ2n) is 6.98. The minimum absolute atomic E-state index is 0.0255. The second-order valence-corrected chi connectivity index (χ2v) is 6.98. The number of nitrogens with one attached hydrogen (secondary N) is 4. The molecule has 2 amide bonds. The van der Waals surface area contributed by atoms with Gasteiger partial charge in [-0.05, 0) is 18.6 Å². The Bertz CT molecular complexity index is 843. The van der Waals surface area contributed by atoms with Gasteiger partial charge in [0, 0.05) is 50.2 Å². The van der Waals surface area contributed by atoms with E-state index in [4.69, 9.17) is 0 Å². The quantitative estimate of drug-likeness (QED) is 0.602. The fourth-order valence-electron chi connectivity index (χ4n) is 3.74. The molecule has 0 bridgehead atoms. The van der Waals surface area contributed by atoms with E-state index in [0.717, 1.165) is 12.1 Å². The standard InChI is InChI=1S/C19H23N7O2/c1-20-17(27)16-14-11-26(8-7-15(14)24-25-16)18(28)12-9-21-19(22-10-12)23-13-5-3-2-4-6-13/h2-6,9-10,14-16,24-25H,7-8,11H2,1H3,(H,20,27)(H,21,22,23). The molecular formula is C19H23N7O2. The number of piperidine rings is 1. The highest BCUT2D eigenvalue weighted by molar-refractivity contribution is 5.94. The van der Waals surface area contributed by atoms with Gasteiger partial charge in [-0.25, -0.2) is 15.4 Å². The first-order valence-corrected chi connectivity index (χ1v) is 9.32. The molecule has 2 fully saturated rings. The molecule has 28 heavy (non-hydrogen) atoms. The van der Waals surface area contributed by atoms with Crippen LogP contribution in [0, 0.1) is 5.92 Å². The summed E-state index contributed by atoms with van der Waals surface area (Å²) in [5, 5.41) is 5.77. The van der Waals surface area contributed by atoms with Gasteiger partial charge in [0.15, 0.2) is 0 Å². The van der Waals surface area contributed by atoms with E-state index in [1.807, 2.05) is 30.3 Å². The van der Waals surface area contributed by atoms with Crippen molar-refractivity contribution in [1.29, 1.82) is 0 Å². The Balaban J connectivity index is 1.42. The molecule has 2 saturated heterocycles. The second kappa shape index (κ2) is 7.91. The monoisotopic (exact) mass is 381 g/mol. The maximum Gasteiger partial charge on any atom is 0.257 e. The van der Waals surface area contributed by atoms with Gasteiger partial charge in [-0.2, -0.15) is 0 Å². The largest absolute Gasteiger partial charge is 0.358 e. The van der Waals surface area contributed by atoms with E-state index >= 15 is 0 Å². The maximum atomic E-state index is 12.9. The highest BCUT2D eigenvalue weighted by Crippen LogP contribution is 2.25. The van der Waals surface area contributed by atoms with Crippen LogP contribution >= 0.6 is 0 Å². The lowest BCUT2D eigenvalue weighted by Crippen LogP contribution is -2.51. The van der Waals surface area contributed by atoms with Crippen LogP contribution in [-0.2, 0) is 4.79 Å². The number of nitrogens with zero attached hydrogens (tertiary/aromatic N) is 3. The van der Waals surface area contributed by atoms with Gasteiger partial charge in [0.2, 0.25) is 11.9 Å². The molecule has 146 valence electrons. The predicted molar refractivity (Wildman–Crippen MR) is 104 cm³/mol. The summed E-state index contributed by atoms with van der Waals surface area (Å²) in [6.45, 7) is 1.13. The number of para-hydroxylation sites is 1. The summed E-state index contributed by atoms with van der Waals surface area (Å²) in [4.78, 5) is 35.2. The van der Waals surface area contributed by atoms with Crippen LogP contribution in [0.1, 0.15) is 16.8 Å². The number of hydrogen-bond donors (Lipinski definition) is 4. The zero-order chi connectivity index (χ0) is 19.5. The summed E-state index contributed by atoms with van der Waals surface area (Å²) >= 11 is 0. The Hall–Kier alpha value is -3.04. The van der Waals surface area contributed by atoms with E-state index in [9.17, 15) is 9.59 Å². The smallest absolute Gasteiger partial charge is 0.257 e. The Labute approximate surface area is 162 Å². The SMILES string of the molecule is CNC(=O)C1NNC2CCN(C(=O)c3cnc(Nc4ccccc4)nc3)CC21. The molecule has 1 aromatic heterocycles. The van der Waals surface area contributed by atoms with Crippen LogP contribution in [0.4, 0.5) is 11.6 Å². The zero-order valence-electron chi connectivity index (χ0n) is 15.6. The van der Waals surface area contributed by atoms with Crippen molar-refractivity contribution in [1.82, 2.24) is 31.0 Å². The van der Waals surface area contributed by atoms with Crippen LogP contribution in [-0.4, -0.2) is 58.9 Å². The van der Waals surface area contributed by atoms with E-state index in [0.29, 0.717) is 24.6 Å². The van der Waals surface area contributed by atoms with Gasteiger partial charge in [0.25, 0.3) is 5.91 Å². The first kappa shape index (κ1) is 18.3. The Morgan fingerprint density at radius 2 is 1.89 bits per heavy atom. The molecule has 2 aliphatic heterocycles. The molecule has 0 aliphatic carbocycles. The molecule has 2 aromatic rings. The van der Waals surface area contributed by atoms with Gasteiger partial charge < -0.3 is 15.5 Å². The van der Waals surface area contributed by atoms with Crippen molar-refractivity contribution >= 4 is 23.5 Å². The highest BCUT2D eigenvalue weighted by atomic mass is 16.2. The molecule has 9 nitrogen and oxygen atoms in total. The Morgan fingerprint density at radius 3 is 2.61 bits per heavy atom. The van der Waals surface area contributed by atoms with Crippen LogP contribution in [0.15, 0.2) is 42.7 Å². The van der Waals surface area contributed by atoms with Crippen molar-refractivity contribution in [3.8, 4) is 0 Å². The van der Waals surface area contributed by atoms with E-state index in [2.05, 4.69) is 31.5 Å². The van der Waals surface area contributed by atoms with Gasteiger partial charge in [-0.1, -0.05) is 18.2 Å². The number of benzene rings is 1. The Morgan fingerprint density at radius 1 is 1.14 bits per heavy atom. The summed E-state index contributed by atoms with van der Waals surface area (Å²) in [6.07, 6.45) is 3.85. The number of likely N-dealkylation sites (N-methyl/N-ethyl adjacent to an activating group) is 1. The summed E-state index contributed by atoms with van der Waals surface area (Å²) < 4.78 is 0. The third-order valence-electron chi connectivity index (χ3n) is 5.26. The van der Waals surface area contributed by atoms with E-state index < -0.39 is 0 Å². The van der Waals surface area contributed by atoms with Crippen molar-refractivity contribution in [2.75, 3.05) is 25.5 Å². The number of anilines is 2. The van der Waals surface area contributed by atoms with E-state index in [1.54, 1.807) is 11.9 Å². The molecule has 0 radical (unpaired) electrons. The van der Waals surface area contributed by atoms with E-state index in [1.165, 1.54) is 12.4 Å². The number of rotatable bonds is 4. The van der Waals surface area contributed by atoms with Gasteiger partial charge in [-0.15, -0.1) is 0 Å². The Kier molecular flexibility index (Phi) is 5.18. The summed E-state index contributed by atoms with van der Waals surface area (Å²) in [5.41, 5.74) is 7.54. The predicted octanol–water partition coefficient (Wildman–Crippen LogP) is 0.273. The first-order valence-electron chi connectivity index (χ1n) is 9.32. The lowest BCUT2D eigenvalue weighted by Gasteiger charge is -2.35. The molecule has 4 rings (SSSR count). The van der Waals surface area contributed by atoms with Crippen LogP contribution in [0.3, 0.4) is 0 Å². The third kappa shape index (κ3) is 3.67. The summed E-state index contributed by atoms with van der Waals surface area (Å²) in [6, 6.07) is 9.43. The van der Waals surface area contributed by atoms with Gasteiger partial charge in [0.1, 0.15) is 6.04 Å². The third-order valence-corrected chi connectivity index (χ3v) is 5.26. The van der Waals surface area contributed by atoms with Crippen molar-refractivity contribution in [2.45, 2.75) is 18.5 Å². The van der Waals surface area contributed by atoms with Crippen molar-refractivity contribution in [3.05, 3.63) is 48.3 Å². The number of carbonyl (C=O) groups is 2. The van der Waals surface area contributed by atoms with Gasteiger partial charge in [-0.3, -0.25) is 15.0 Å². The number of aromatic nitrogens is 2. The maximum absolute atomic E-state index is 12.9. The molecule has 3 unspecified atom stereocenters. The lowest BCUT2D eigenvalue weighted by molar-refractivity contribution is -0.123. The molecule has 3 heterocycles. The summed E-state index contributed by atoms with van der Waals surface area (Å²) in [7, 11) is 1.62. The van der Waals surface area contributed by atoms with Crippen molar-refractivity contribution < 1.29 is 9.59 Å². The number of likely N-dealkylation sites (tertiary alicyclic amines) is 1. The highest BCUT2D eigenvalue weighted by Gasteiger charge is 2.43. The number of amides is 2. The molecule has 1 aromatic carbocycles. The van der Waals surface area contributed by atoms with Crippen LogP contribution in [0.25, 0.3) is 0 Å². The molecule has 2 aliphatic rings. The van der Waals surface area contributed by atoms with Gasteiger partial charge in [0.05, 0.1) is 5.56 Å². The van der Waals surface area contributed by atoms with Gasteiger partial charge >= 0.3 is 0 Å². The fourth-order valence-corrected chi connectivity index (χ4v) is 3.74. The number of hydrogen-bond acceptors (Lipinski definition) is 7. The van der Waals surface area contributed by atoms with Crippen LogP contribution in [0.5, 0.6) is 0 Å². The zero-order valence-corrected chi connectivity index (χ0v) is 15.6. The summed E-state index contributed by atoms with van der Waals surface area (Å²) in [5.74, 6) is 0.268. The average molecular weight is 381 g/mol. The number of hydrazine groups is 1. The van der Waals surface area contributed by atoms with Crippen molar-refractivity contribution in [3.63, 3.8) is 0 Å². The van der Waals surface area contributed by atoms with Crippen molar-refractivity contribution in [2.24, 2.45) is 5.92 Å². The molecule has 9 heteroatoms.